The molecule has 0 aliphatic heterocycles. The van der Waals surface area contributed by atoms with Gasteiger partial charge in [-0.15, -0.1) is 0 Å². The van der Waals surface area contributed by atoms with E-state index >= 15 is 0 Å². The van der Waals surface area contributed by atoms with Crippen LogP contribution >= 0.6 is 0 Å². The molecule has 0 unspecified atom stereocenters. The van der Waals surface area contributed by atoms with E-state index in [1.807, 2.05) is 46.0 Å². The molecule has 0 radical (unpaired) electrons. The standard InChI is InChI=1S/C16H21N3O2/c1-10(2)13(20)7-5-6-12-8-17-15-14(12)16(19-9-18-15)21-11(3)4/h5-6,8-11H,7H2,1-4H3,(H,17,18,19)/b6-5+. The third kappa shape index (κ3) is 3.68. The van der Waals surface area contributed by atoms with Crippen molar-refractivity contribution in [3.05, 3.63) is 24.2 Å². The number of ether oxygens (including phenoxy) is 1. The summed E-state index contributed by atoms with van der Waals surface area (Å²) in [5.41, 5.74) is 1.66. The number of hydrogen-bond acceptors (Lipinski definition) is 4. The summed E-state index contributed by atoms with van der Waals surface area (Å²) >= 11 is 0. The Bertz CT molecular complexity index is 657. The Hall–Kier alpha value is -2.17. The lowest BCUT2D eigenvalue weighted by molar-refractivity contribution is -0.121. The Labute approximate surface area is 124 Å². The zero-order valence-corrected chi connectivity index (χ0v) is 12.9. The van der Waals surface area contributed by atoms with Crippen LogP contribution in [0.3, 0.4) is 0 Å². The van der Waals surface area contributed by atoms with Crippen molar-refractivity contribution >= 4 is 22.9 Å². The van der Waals surface area contributed by atoms with Crippen molar-refractivity contribution in [3.8, 4) is 5.88 Å². The number of fused-ring (bicyclic) bond motifs is 1. The molecule has 0 fully saturated rings. The number of nitrogens with zero attached hydrogens (tertiary/aromatic N) is 2. The average Bonchev–Trinajstić information content (AvgIpc) is 2.82. The van der Waals surface area contributed by atoms with Gasteiger partial charge in [0.05, 0.1) is 11.5 Å². The fraction of sp³-hybridized carbons (Fsp3) is 0.438. The molecule has 2 aromatic heterocycles. The molecule has 21 heavy (non-hydrogen) atoms. The van der Waals surface area contributed by atoms with E-state index in [0.717, 1.165) is 16.6 Å². The van der Waals surface area contributed by atoms with Gasteiger partial charge in [-0.1, -0.05) is 26.0 Å². The van der Waals surface area contributed by atoms with Crippen LogP contribution in [-0.4, -0.2) is 26.8 Å². The second kappa shape index (κ2) is 6.52. The molecule has 0 atom stereocenters. The van der Waals surface area contributed by atoms with Gasteiger partial charge in [-0.05, 0) is 13.8 Å². The summed E-state index contributed by atoms with van der Waals surface area (Å²) < 4.78 is 5.72. The highest BCUT2D eigenvalue weighted by atomic mass is 16.5. The van der Waals surface area contributed by atoms with Crippen LogP contribution in [0.2, 0.25) is 0 Å². The smallest absolute Gasteiger partial charge is 0.226 e. The van der Waals surface area contributed by atoms with E-state index in [4.69, 9.17) is 4.74 Å². The van der Waals surface area contributed by atoms with Crippen LogP contribution in [0, 0.1) is 5.92 Å². The number of nitrogens with one attached hydrogen (secondary N) is 1. The van der Waals surface area contributed by atoms with Crippen molar-refractivity contribution < 1.29 is 9.53 Å². The molecule has 1 N–H and O–H groups in total. The first-order valence-electron chi connectivity index (χ1n) is 7.17. The minimum Gasteiger partial charge on any atom is -0.474 e. The van der Waals surface area contributed by atoms with Crippen LogP contribution < -0.4 is 4.74 Å². The molecule has 0 spiro atoms. The first-order chi connectivity index (χ1) is 9.99. The Morgan fingerprint density at radius 3 is 2.76 bits per heavy atom. The predicted octanol–water partition coefficient (Wildman–Crippen LogP) is 3.37. The van der Waals surface area contributed by atoms with Crippen LogP contribution in [-0.2, 0) is 4.79 Å². The Morgan fingerprint density at radius 2 is 2.10 bits per heavy atom. The number of H-pyrrole nitrogens is 1. The molecule has 112 valence electrons. The van der Waals surface area contributed by atoms with Crippen molar-refractivity contribution in [1.82, 2.24) is 15.0 Å². The number of ketones is 1. The van der Waals surface area contributed by atoms with E-state index in [-0.39, 0.29) is 17.8 Å². The Balaban J connectivity index is 2.28. The maximum atomic E-state index is 11.6. The van der Waals surface area contributed by atoms with Gasteiger partial charge in [0.1, 0.15) is 17.8 Å². The van der Waals surface area contributed by atoms with Crippen molar-refractivity contribution in [2.24, 2.45) is 5.92 Å². The summed E-state index contributed by atoms with van der Waals surface area (Å²) in [5.74, 6) is 0.841. The lowest BCUT2D eigenvalue weighted by Crippen LogP contribution is -2.07. The monoisotopic (exact) mass is 287 g/mol. The molecule has 2 heterocycles. The molecule has 0 amide bonds. The fourth-order valence-corrected chi connectivity index (χ4v) is 1.94. The van der Waals surface area contributed by atoms with E-state index in [1.165, 1.54) is 6.33 Å². The molecule has 5 nitrogen and oxygen atoms in total. The molecule has 0 bridgehead atoms. The van der Waals surface area contributed by atoms with Gasteiger partial charge in [-0.3, -0.25) is 4.79 Å². The zero-order chi connectivity index (χ0) is 15.4. The topological polar surface area (TPSA) is 67.9 Å². The number of carbonyl (C=O) groups is 1. The van der Waals surface area contributed by atoms with Gasteiger partial charge >= 0.3 is 0 Å². The molecule has 0 aliphatic rings. The SMILES string of the molecule is CC(C)Oc1ncnc2[nH]cc(/C=C/CC(=O)C(C)C)c12. The van der Waals surface area contributed by atoms with Gasteiger partial charge < -0.3 is 9.72 Å². The summed E-state index contributed by atoms with van der Waals surface area (Å²) in [5, 5.41) is 0.847. The summed E-state index contributed by atoms with van der Waals surface area (Å²) in [7, 11) is 0. The van der Waals surface area contributed by atoms with Crippen LogP contribution in [0.1, 0.15) is 39.7 Å². The number of allylic oxidation sites excluding steroid dienone is 1. The zero-order valence-electron chi connectivity index (χ0n) is 12.9. The first-order valence-corrected chi connectivity index (χ1v) is 7.17. The third-order valence-corrected chi connectivity index (χ3v) is 3.07. The second-order valence-corrected chi connectivity index (χ2v) is 5.54. The highest BCUT2D eigenvalue weighted by Gasteiger charge is 2.12. The minimum absolute atomic E-state index is 0.0392. The maximum Gasteiger partial charge on any atom is 0.226 e. The first kappa shape index (κ1) is 15.2. The van der Waals surface area contributed by atoms with E-state index in [0.29, 0.717) is 12.3 Å². The molecule has 2 aromatic rings. The molecule has 0 saturated heterocycles. The summed E-state index contributed by atoms with van der Waals surface area (Å²) in [6, 6.07) is 0. The highest BCUT2D eigenvalue weighted by Crippen LogP contribution is 2.26. The quantitative estimate of drug-likeness (QED) is 0.884. The van der Waals surface area contributed by atoms with Crippen molar-refractivity contribution in [3.63, 3.8) is 0 Å². The van der Waals surface area contributed by atoms with Crippen molar-refractivity contribution in [2.45, 2.75) is 40.2 Å². The van der Waals surface area contributed by atoms with E-state index in [1.54, 1.807) is 0 Å². The lowest BCUT2D eigenvalue weighted by atomic mass is 10.1. The Morgan fingerprint density at radius 1 is 1.33 bits per heavy atom. The lowest BCUT2D eigenvalue weighted by Gasteiger charge is -2.09. The highest BCUT2D eigenvalue weighted by molar-refractivity contribution is 5.91. The molecular weight excluding hydrogens is 266 g/mol. The van der Waals surface area contributed by atoms with Gasteiger partial charge in [0.2, 0.25) is 5.88 Å². The maximum absolute atomic E-state index is 11.6. The summed E-state index contributed by atoms with van der Waals surface area (Å²) in [6.07, 6.45) is 7.58. The molecule has 0 aliphatic carbocycles. The number of aromatic amines is 1. The fourth-order valence-electron chi connectivity index (χ4n) is 1.94. The van der Waals surface area contributed by atoms with E-state index in [2.05, 4.69) is 15.0 Å². The summed E-state index contributed by atoms with van der Waals surface area (Å²) in [4.78, 5) is 23.1. The van der Waals surface area contributed by atoms with Crippen LogP contribution in [0.5, 0.6) is 5.88 Å². The average molecular weight is 287 g/mol. The normalized spacial score (nSPS) is 11.9. The van der Waals surface area contributed by atoms with Crippen molar-refractivity contribution in [1.29, 1.82) is 0 Å². The number of Topliss-reactive ketones (excluding diaryl/α,β-unsaturated/α-hetero) is 1. The van der Waals surface area contributed by atoms with Crippen molar-refractivity contribution in [2.75, 3.05) is 0 Å². The largest absolute Gasteiger partial charge is 0.474 e. The van der Waals surface area contributed by atoms with Crippen LogP contribution in [0.25, 0.3) is 17.1 Å². The minimum atomic E-state index is 0.0392. The van der Waals surface area contributed by atoms with E-state index < -0.39 is 0 Å². The Kier molecular flexibility index (Phi) is 4.73. The van der Waals surface area contributed by atoms with E-state index in [9.17, 15) is 4.79 Å². The van der Waals surface area contributed by atoms with Crippen LogP contribution in [0.15, 0.2) is 18.6 Å². The van der Waals surface area contributed by atoms with Crippen LogP contribution in [0.4, 0.5) is 0 Å². The summed E-state index contributed by atoms with van der Waals surface area (Å²) in [6.45, 7) is 7.73. The van der Waals surface area contributed by atoms with Gasteiger partial charge in [0, 0.05) is 24.1 Å². The number of aromatic nitrogens is 3. The molecular formula is C16H21N3O2. The van der Waals surface area contributed by atoms with Gasteiger partial charge in [-0.25, -0.2) is 9.97 Å². The third-order valence-electron chi connectivity index (χ3n) is 3.07. The predicted molar refractivity (Wildman–Crippen MR) is 83.1 cm³/mol. The molecule has 0 saturated carbocycles. The number of carbonyl (C=O) groups excluding carboxylic acids is 1. The van der Waals surface area contributed by atoms with Gasteiger partial charge in [-0.2, -0.15) is 0 Å². The van der Waals surface area contributed by atoms with Gasteiger partial charge in [0.25, 0.3) is 0 Å². The van der Waals surface area contributed by atoms with Gasteiger partial charge in [0.15, 0.2) is 0 Å². The molecule has 2 rings (SSSR count). The number of hydrogen-bond donors (Lipinski definition) is 1. The second-order valence-electron chi connectivity index (χ2n) is 5.54. The number of rotatable bonds is 6. The molecule has 0 aromatic carbocycles. The molecule has 5 heteroatoms.